The van der Waals surface area contributed by atoms with Crippen LogP contribution in [0.25, 0.3) is 0 Å². The van der Waals surface area contributed by atoms with Crippen molar-refractivity contribution in [3.8, 4) is 11.5 Å². The normalized spacial score (nSPS) is 19.3. The molecule has 2 rings (SSSR count). The Morgan fingerprint density at radius 2 is 2.00 bits per heavy atom. The smallest absolute Gasteiger partial charge is 0.204 e. The molecular formula is C14H19F2NO2. The molecule has 0 bridgehead atoms. The number of piperidine rings is 1. The molecule has 0 saturated carbocycles. The van der Waals surface area contributed by atoms with E-state index in [1.54, 1.807) is 0 Å². The van der Waals surface area contributed by atoms with Gasteiger partial charge in [0, 0.05) is 5.56 Å². The number of hydrogen-bond donors (Lipinski definition) is 1. The van der Waals surface area contributed by atoms with Crippen LogP contribution in [-0.2, 0) is 6.42 Å². The maximum absolute atomic E-state index is 13.6. The first-order valence-corrected chi connectivity index (χ1v) is 6.47. The van der Waals surface area contributed by atoms with E-state index < -0.39 is 11.6 Å². The summed E-state index contributed by atoms with van der Waals surface area (Å²) in [5.41, 5.74) is 0.659. The molecule has 1 saturated heterocycles. The van der Waals surface area contributed by atoms with E-state index in [1.165, 1.54) is 20.3 Å². The second kappa shape index (κ2) is 6.19. The van der Waals surface area contributed by atoms with Crippen LogP contribution in [0.15, 0.2) is 6.07 Å². The maximum Gasteiger partial charge on any atom is 0.204 e. The van der Waals surface area contributed by atoms with Gasteiger partial charge in [-0.25, -0.2) is 4.39 Å². The minimum atomic E-state index is -0.995. The van der Waals surface area contributed by atoms with Gasteiger partial charge in [0.15, 0.2) is 17.3 Å². The topological polar surface area (TPSA) is 30.5 Å². The van der Waals surface area contributed by atoms with Crippen molar-refractivity contribution in [1.29, 1.82) is 0 Å². The predicted molar refractivity (Wildman–Crippen MR) is 68.8 cm³/mol. The summed E-state index contributed by atoms with van der Waals surface area (Å²) in [6, 6.07) is 1.21. The number of methoxy groups -OCH3 is 2. The molecule has 3 nitrogen and oxygen atoms in total. The van der Waals surface area contributed by atoms with Crippen molar-refractivity contribution in [2.75, 3.05) is 27.3 Å². The third-order valence-corrected chi connectivity index (χ3v) is 3.52. The Kier molecular flexibility index (Phi) is 4.58. The molecule has 1 N–H and O–H groups in total. The molecule has 1 aliphatic heterocycles. The Morgan fingerprint density at radius 1 is 1.26 bits per heavy atom. The van der Waals surface area contributed by atoms with Crippen LogP contribution >= 0.6 is 0 Å². The number of nitrogens with one attached hydrogen (secondary N) is 1. The highest BCUT2D eigenvalue weighted by molar-refractivity contribution is 5.48. The van der Waals surface area contributed by atoms with Gasteiger partial charge in [0.1, 0.15) is 0 Å². The van der Waals surface area contributed by atoms with Crippen LogP contribution in [0.4, 0.5) is 8.78 Å². The lowest BCUT2D eigenvalue weighted by atomic mass is 9.91. The molecule has 5 heteroatoms. The fourth-order valence-corrected chi connectivity index (χ4v) is 2.60. The van der Waals surface area contributed by atoms with Gasteiger partial charge < -0.3 is 14.8 Å². The lowest BCUT2D eigenvalue weighted by molar-refractivity contribution is 0.319. The van der Waals surface area contributed by atoms with Crippen LogP contribution in [0, 0.1) is 17.6 Å². The zero-order valence-corrected chi connectivity index (χ0v) is 11.3. The molecule has 0 aliphatic carbocycles. The minimum Gasteiger partial charge on any atom is -0.492 e. The molecule has 1 atom stereocenters. The quantitative estimate of drug-likeness (QED) is 0.912. The fraction of sp³-hybridized carbons (Fsp3) is 0.571. The molecule has 1 aromatic carbocycles. The van der Waals surface area contributed by atoms with Crippen LogP contribution in [0.3, 0.4) is 0 Å². The highest BCUT2D eigenvalue weighted by Gasteiger charge is 2.23. The average Bonchev–Trinajstić information content (AvgIpc) is 2.43. The summed E-state index contributed by atoms with van der Waals surface area (Å²) in [5, 5.41) is 3.31. The first kappa shape index (κ1) is 14.1. The lowest BCUT2D eigenvalue weighted by Crippen LogP contribution is -2.31. The van der Waals surface area contributed by atoms with Gasteiger partial charge in [-0.3, -0.25) is 0 Å². The molecule has 0 spiro atoms. The zero-order valence-electron chi connectivity index (χ0n) is 11.3. The number of ether oxygens (including phenoxy) is 2. The summed E-state index contributed by atoms with van der Waals surface area (Å²) in [6.07, 6.45) is 2.84. The van der Waals surface area contributed by atoms with Crippen molar-refractivity contribution in [3.63, 3.8) is 0 Å². The molecule has 0 amide bonds. The van der Waals surface area contributed by atoms with Gasteiger partial charge in [0.05, 0.1) is 14.2 Å². The lowest BCUT2D eigenvalue weighted by Gasteiger charge is -2.24. The summed E-state index contributed by atoms with van der Waals surface area (Å²) in [6.45, 7) is 1.92. The minimum absolute atomic E-state index is 0.152. The maximum atomic E-state index is 13.6. The molecule has 1 unspecified atom stereocenters. The van der Waals surface area contributed by atoms with Crippen molar-refractivity contribution in [3.05, 3.63) is 23.3 Å². The first-order valence-electron chi connectivity index (χ1n) is 6.47. The molecule has 1 aromatic rings. The Labute approximate surface area is 111 Å². The van der Waals surface area contributed by atoms with Crippen molar-refractivity contribution >= 4 is 0 Å². The Hall–Kier alpha value is -1.36. The SMILES string of the molecule is COc1c(CC2CCCNC2)cc(F)c(F)c1OC. The first-order chi connectivity index (χ1) is 9.17. The van der Waals surface area contributed by atoms with E-state index in [2.05, 4.69) is 5.32 Å². The Balaban J connectivity index is 2.30. The van der Waals surface area contributed by atoms with E-state index in [0.29, 0.717) is 23.7 Å². The van der Waals surface area contributed by atoms with E-state index in [9.17, 15) is 8.78 Å². The summed E-state index contributed by atoms with van der Waals surface area (Å²) in [7, 11) is 2.75. The van der Waals surface area contributed by atoms with Crippen LogP contribution in [0.1, 0.15) is 18.4 Å². The van der Waals surface area contributed by atoms with Crippen molar-refractivity contribution in [2.24, 2.45) is 5.92 Å². The van der Waals surface area contributed by atoms with Crippen LogP contribution in [0.5, 0.6) is 11.5 Å². The van der Waals surface area contributed by atoms with E-state index >= 15 is 0 Å². The van der Waals surface area contributed by atoms with Gasteiger partial charge in [0.2, 0.25) is 5.82 Å². The van der Waals surface area contributed by atoms with Gasteiger partial charge in [-0.15, -0.1) is 0 Å². The molecule has 1 fully saturated rings. The summed E-state index contributed by atoms with van der Waals surface area (Å²) < 4.78 is 37.3. The van der Waals surface area contributed by atoms with Crippen molar-refractivity contribution in [2.45, 2.75) is 19.3 Å². The monoisotopic (exact) mass is 271 g/mol. The number of hydrogen-bond acceptors (Lipinski definition) is 3. The summed E-state index contributed by atoms with van der Waals surface area (Å²) in [5.74, 6) is -1.33. The standard InChI is InChI=1S/C14H19F2NO2/c1-18-13-10(6-9-4-3-5-17-8-9)7-11(15)12(16)14(13)19-2/h7,9,17H,3-6,8H2,1-2H3. The van der Waals surface area contributed by atoms with Gasteiger partial charge in [-0.2, -0.15) is 4.39 Å². The predicted octanol–water partition coefficient (Wildman–Crippen LogP) is 2.52. The number of halogens is 2. The third kappa shape index (κ3) is 2.97. The van der Waals surface area contributed by atoms with E-state index in [-0.39, 0.29) is 5.75 Å². The van der Waals surface area contributed by atoms with Gasteiger partial charge in [-0.05, 0) is 44.3 Å². The van der Waals surface area contributed by atoms with Gasteiger partial charge >= 0.3 is 0 Å². The second-order valence-corrected chi connectivity index (χ2v) is 4.81. The Morgan fingerprint density at radius 3 is 2.58 bits per heavy atom. The molecule has 19 heavy (non-hydrogen) atoms. The van der Waals surface area contributed by atoms with E-state index in [4.69, 9.17) is 9.47 Å². The van der Waals surface area contributed by atoms with Crippen LogP contribution in [0.2, 0.25) is 0 Å². The van der Waals surface area contributed by atoms with Crippen molar-refractivity contribution in [1.82, 2.24) is 5.32 Å². The highest BCUT2D eigenvalue weighted by Crippen LogP contribution is 2.37. The van der Waals surface area contributed by atoms with Crippen molar-refractivity contribution < 1.29 is 18.3 Å². The molecular weight excluding hydrogens is 252 g/mol. The Bertz CT molecular complexity index is 446. The van der Waals surface area contributed by atoms with Gasteiger partial charge in [0.25, 0.3) is 0 Å². The summed E-state index contributed by atoms with van der Waals surface area (Å²) in [4.78, 5) is 0. The largest absolute Gasteiger partial charge is 0.492 e. The zero-order chi connectivity index (χ0) is 13.8. The van der Waals surface area contributed by atoms with E-state index in [0.717, 1.165) is 25.9 Å². The molecule has 0 radical (unpaired) electrons. The van der Waals surface area contributed by atoms with Crippen LogP contribution in [-0.4, -0.2) is 27.3 Å². The van der Waals surface area contributed by atoms with Gasteiger partial charge in [-0.1, -0.05) is 0 Å². The van der Waals surface area contributed by atoms with E-state index in [1.807, 2.05) is 0 Å². The third-order valence-electron chi connectivity index (χ3n) is 3.52. The summed E-state index contributed by atoms with van der Waals surface area (Å²) >= 11 is 0. The molecule has 1 aliphatic rings. The number of rotatable bonds is 4. The second-order valence-electron chi connectivity index (χ2n) is 4.81. The highest BCUT2D eigenvalue weighted by atomic mass is 19.2. The fourth-order valence-electron chi connectivity index (χ4n) is 2.60. The molecule has 1 heterocycles. The number of benzene rings is 1. The molecule has 0 aromatic heterocycles. The molecule has 106 valence electrons. The average molecular weight is 271 g/mol. The van der Waals surface area contributed by atoms with Crippen LogP contribution < -0.4 is 14.8 Å².